The first-order chi connectivity index (χ1) is 9.89. The lowest BCUT2D eigenvalue weighted by Gasteiger charge is -2.32. The first-order valence-electron chi connectivity index (χ1n) is 6.88. The van der Waals surface area contributed by atoms with Crippen LogP contribution in [0.2, 0.25) is 0 Å². The highest BCUT2D eigenvalue weighted by Gasteiger charge is 2.41. The van der Waals surface area contributed by atoms with Crippen molar-refractivity contribution < 1.29 is 19.5 Å². The molecule has 0 unspecified atom stereocenters. The minimum absolute atomic E-state index is 0.0942. The number of amidine groups is 1. The molecule has 0 spiro atoms. The Bertz CT molecular complexity index is 380. The molecule has 8 nitrogen and oxygen atoms in total. The third-order valence-electron chi connectivity index (χ3n) is 3.57. The van der Waals surface area contributed by atoms with Gasteiger partial charge in [0, 0.05) is 20.7 Å². The van der Waals surface area contributed by atoms with Gasteiger partial charge in [0.25, 0.3) is 0 Å². The molecule has 0 aromatic carbocycles. The van der Waals surface area contributed by atoms with Gasteiger partial charge < -0.3 is 25.9 Å². The van der Waals surface area contributed by atoms with Crippen LogP contribution < -0.4 is 11.1 Å². The van der Waals surface area contributed by atoms with Crippen molar-refractivity contribution in [2.75, 3.05) is 33.9 Å². The second kappa shape index (κ2) is 9.17. The van der Waals surface area contributed by atoms with E-state index >= 15 is 0 Å². The summed E-state index contributed by atoms with van der Waals surface area (Å²) in [6, 6.07) is 0. The van der Waals surface area contributed by atoms with Crippen LogP contribution >= 0.6 is 0 Å². The van der Waals surface area contributed by atoms with Crippen LogP contribution in [0.15, 0.2) is 5.16 Å². The maximum atomic E-state index is 12.5. The van der Waals surface area contributed by atoms with Crippen LogP contribution in [-0.4, -0.2) is 61.6 Å². The Morgan fingerprint density at radius 2 is 1.95 bits per heavy atom. The van der Waals surface area contributed by atoms with E-state index in [-0.39, 0.29) is 24.2 Å². The van der Waals surface area contributed by atoms with Gasteiger partial charge in [-0.05, 0) is 12.8 Å². The number of hydrogen-bond donors (Lipinski definition) is 3. The lowest BCUT2D eigenvalue weighted by Crippen LogP contribution is -2.51. The molecule has 0 aromatic heterocycles. The second-order valence-electron chi connectivity index (χ2n) is 4.78. The number of hydrogen-bond acceptors (Lipinski definition) is 5. The van der Waals surface area contributed by atoms with E-state index in [0.717, 1.165) is 0 Å². The fraction of sp³-hybridized carbons (Fsp3) is 0.769. The molecule has 0 aliphatic carbocycles. The number of carbonyl (C=O) groups excluding carboxylic acids is 2. The van der Waals surface area contributed by atoms with Crippen molar-refractivity contribution in [2.24, 2.45) is 16.3 Å². The third kappa shape index (κ3) is 4.89. The minimum Gasteiger partial charge on any atom is -0.409 e. The summed E-state index contributed by atoms with van der Waals surface area (Å²) >= 11 is 0. The topological polar surface area (TPSA) is 117 Å². The average Bonchev–Trinajstić information content (AvgIpc) is 2.48. The van der Waals surface area contributed by atoms with E-state index in [0.29, 0.717) is 26.0 Å². The number of likely N-dealkylation sites (N-methyl/N-ethyl adjacent to an activating group) is 1. The predicted molar refractivity (Wildman–Crippen MR) is 78.9 cm³/mol. The van der Waals surface area contributed by atoms with E-state index in [4.69, 9.17) is 15.7 Å². The number of nitrogens with two attached hydrogens (primary N) is 1. The molecule has 122 valence electrons. The Morgan fingerprint density at radius 1 is 1.38 bits per heavy atom. The van der Waals surface area contributed by atoms with Gasteiger partial charge in [-0.1, -0.05) is 19.0 Å². The van der Waals surface area contributed by atoms with E-state index in [9.17, 15) is 9.59 Å². The maximum absolute atomic E-state index is 12.5. The summed E-state index contributed by atoms with van der Waals surface area (Å²) in [5.41, 5.74) is 4.59. The summed E-state index contributed by atoms with van der Waals surface area (Å²) in [6.07, 6.45) is 0.766. The van der Waals surface area contributed by atoms with Crippen LogP contribution in [0.25, 0.3) is 0 Å². The van der Waals surface area contributed by atoms with Crippen molar-refractivity contribution in [2.45, 2.75) is 26.7 Å². The molecule has 0 radical (unpaired) electrons. The molecule has 0 saturated carbocycles. The summed E-state index contributed by atoms with van der Waals surface area (Å²) in [5.74, 6) is -0.766. The summed E-state index contributed by atoms with van der Waals surface area (Å²) in [4.78, 5) is 25.5. The minimum atomic E-state index is -1.09. The Balaban J connectivity index is 4.84. The van der Waals surface area contributed by atoms with Crippen LogP contribution in [0.1, 0.15) is 26.7 Å². The number of methoxy groups -OCH3 is 1. The van der Waals surface area contributed by atoms with Crippen molar-refractivity contribution in [3.8, 4) is 0 Å². The smallest absolute Gasteiger partial charge is 0.239 e. The van der Waals surface area contributed by atoms with E-state index < -0.39 is 5.41 Å². The normalized spacial score (nSPS) is 12.1. The van der Waals surface area contributed by atoms with Crippen molar-refractivity contribution in [1.29, 1.82) is 0 Å². The van der Waals surface area contributed by atoms with Gasteiger partial charge in [0.15, 0.2) is 5.84 Å². The zero-order valence-electron chi connectivity index (χ0n) is 13.2. The fourth-order valence-corrected chi connectivity index (χ4v) is 2.12. The molecule has 0 fully saturated rings. The molecule has 0 bridgehead atoms. The Morgan fingerprint density at radius 3 is 2.38 bits per heavy atom. The monoisotopic (exact) mass is 302 g/mol. The fourth-order valence-electron chi connectivity index (χ4n) is 2.12. The van der Waals surface area contributed by atoms with Gasteiger partial charge >= 0.3 is 0 Å². The number of ether oxygens (including phenoxy) is 1. The number of rotatable bonds is 9. The van der Waals surface area contributed by atoms with Crippen LogP contribution in [0, 0.1) is 5.41 Å². The number of carbonyl (C=O) groups is 2. The Hall–Kier alpha value is -1.83. The van der Waals surface area contributed by atoms with Crippen LogP contribution in [0.5, 0.6) is 0 Å². The first-order valence-corrected chi connectivity index (χ1v) is 6.88. The van der Waals surface area contributed by atoms with Gasteiger partial charge in [-0.25, -0.2) is 0 Å². The van der Waals surface area contributed by atoms with Gasteiger partial charge in [-0.15, -0.1) is 0 Å². The maximum Gasteiger partial charge on any atom is 0.239 e. The van der Waals surface area contributed by atoms with Gasteiger partial charge in [-0.2, -0.15) is 0 Å². The highest BCUT2D eigenvalue weighted by Crippen LogP contribution is 2.29. The highest BCUT2D eigenvalue weighted by molar-refractivity contribution is 6.07. The largest absolute Gasteiger partial charge is 0.409 e. The number of nitrogens with one attached hydrogen (secondary N) is 1. The van der Waals surface area contributed by atoms with E-state index in [1.54, 1.807) is 13.8 Å². The third-order valence-corrected chi connectivity index (χ3v) is 3.57. The molecule has 8 heteroatoms. The van der Waals surface area contributed by atoms with E-state index in [1.807, 2.05) is 0 Å². The second-order valence-corrected chi connectivity index (χ2v) is 4.78. The van der Waals surface area contributed by atoms with Gasteiger partial charge in [0.05, 0.1) is 13.2 Å². The quantitative estimate of drug-likeness (QED) is 0.179. The van der Waals surface area contributed by atoms with Gasteiger partial charge in [0.2, 0.25) is 11.8 Å². The number of nitrogens with zero attached hydrogens (tertiary/aromatic N) is 2. The van der Waals surface area contributed by atoms with Crippen molar-refractivity contribution >= 4 is 17.6 Å². The molecule has 0 atom stereocenters. The molecule has 2 amide bonds. The summed E-state index contributed by atoms with van der Waals surface area (Å²) < 4.78 is 4.82. The van der Waals surface area contributed by atoms with Gasteiger partial charge in [0.1, 0.15) is 5.41 Å². The lowest BCUT2D eigenvalue weighted by molar-refractivity contribution is -0.140. The number of oxime groups is 1. The molecule has 0 aromatic rings. The van der Waals surface area contributed by atoms with Crippen molar-refractivity contribution in [3.63, 3.8) is 0 Å². The molecule has 0 heterocycles. The molecular weight excluding hydrogens is 276 g/mol. The average molecular weight is 302 g/mol. The zero-order chi connectivity index (χ0) is 16.5. The predicted octanol–water partition coefficient (Wildman–Crippen LogP) is -0.240. The Kier molecular flexibility index (Phi) is 8.37. The van der Waals surface area contributed by atoms with Crippen molar-refractivity contribution in [1.82, 2.24) is 10.2 Å². The first kappa shape index (κ1) is 19.2. The Labute approximate surface area is 125 Å². The molecule has 0 rings (SSSR count). The van der Waals surface area contributed by atoms with Crippen LogP contribution in [0.3, 0.4) is 0 Å². The summed E-state index contributed by atoms with van der Waals surface area (Å²) in [6.45, 7) is 4.26. The molecule has 0 aliphatic rings. The van der Waals surface area contributed by atoms with Crippen LogP contribution in [-0.2, 0) is 14.3 Å². The highest BCUT2D eigenvalue weighted by atomic mass is 16.5. The summed E-state index contributed by atoms with van der Waals surface area (Å²) in [5, 5.41) is 14.5. The zero-order valence-corrected chi connectivity index (χ0v) is 13.2. The number of amides is 2. The molecular formula is C13H26N4O4. The van der Waals surface area contributed by atoms with Crippen LogP contribution in [0.4, 0.5) is 0 Å². The lowest BCUT2D eigenvalue weighted by atomic mass is 9.79. The molecule has 0 aliphatic heterocycles. The standard InChI is InChI=1S/C13H26N4O4/c1-5-13(6-2,11(14)16-20)12(19)17(3)9-10(18)15-7-8-21-4/h20H,5-9H2,1-4H3,(H2,14,16)(H,15,18). The van der Waals surface area contributed by atoms with Gasteiger partial charge in [-0.3, -0.25) is 9.59 Å². The molecule has 4 N–H and O–H groups in total. The summed E-state index contributed by atoms with van der Waals surface area (Å²) in [7, 11) is 3.05. The van der Waals surface area contributed by atoms with Crippen molar-refractivity contribution in [3.05, 3.63) is 0 Å². The van der Waals surface area contributed by atoms with E-state index in [1.165, 1.54) is 19.1 Å². The molecule has 0 saturated heterocycles. The molecule has 21 heavy (non-hydrogen) atoms. The SMILES string of the molecule is CCC(CC)(C(=O)N(C)CC(=O)NCCOC)C(N)=NO. The van der Waals surface area contributed by atoms with E-state index in [2.05, 4.69) is 10.5 Å².